The molecule has 1 saturated heterocycles. The first kappa shape index (κ1) is 23.9. The largest absolute Gasteiger partial charge is 0.369 e. The van der Waals surface area contributed by atoms with Gasteiger partial charge in [0.15, 0.2) is 5.82 Å². The van der Waals surface area contributed by atoms with Crippen molar-refractivity contribution in [3.05, 3.63) is 60.8 Å². The minimum absolute atomic E-state index is 0.285. The van der Waals surface area contributed by atoms with Crippen molar-refractivity contribution in [2.45, 2.75) is 19.5 Å². The van der Waals surface area contributed by atoms with Crippen LogP contribution < -0.4 is 19.8 Å². The van der Waals surface area contributed by atoms with Crippen molar-refractivity contribution < 1.29 is 8.42 Å². The fraction of sp³-hybridized carbons (Fsp3) is 0.333. The van der Waals surface area contributed by atoms with E-state index in [1.807, 2.05) is 29.0 Å². The van der Waals surface area contributed by atoms with Gasteiger partial charge in [0, 0.05) is 74.3 Å². The number of hydrogen-bond donors (Lipinski definition) is 2. The molecule has 3 aromatic heterocycles. The lowest BCUT2D eigenvalue weighted by Gasteiger charge is -2.33. The third-order valence-electron chi connectivity index (χ3n) is 6.23. The van der Waals surface area contributed by atoms with Gasteiger partial charge < -0.3 is 20.1 Å². The van der Waals surface area contributed by atoms with E-state index in [1.165, 1.54) is 18.9 Å². The fourth-order valence-corrected chi connectivity index (χ4v) is 4.73. The molecule has 0 bridgehead atoms. The highest BCUT2D eigenvalue weighted by Gasteiger charge is 2.19. The van der Waals surface area contributed by atoms with Crippen molar-refractivity contribution in [2.75, 3.05) is 47.5 Å². The molecule has 1 atom stereocenters. The smallest absolute Gasteiger partial charge is 0.233 e. The van der Waals surface area contributed by atoms with Gasteiger partial charge in [0.1, 0.15) is 11.3 Å². The van der Waals surface area contributed by atoms with Gasteiger partial charge in [-0.2, -0.15) is 4.98 Å². The van der Waals surface area contributed by atoms with E-state index in [4.69, 9.17) is 4.98 Å². The topological polar surface area (TPSA) is 121 Å². The number of nitrogens with one attached hydrogen (secondary N) is 2. The van der Waals surface area contributed by atoms with Gasteiger partial charge in [0.05, 0.1) is 12.8 Å². The van der Waals surface area contributed by atoms with Crippen molar-refractivity contribution >= 4 is 44.2 Å². The molecule has 1 aromatic carbocycles. The van der Waals surface area contributed by atoms with E-state index < -0.39 is 10.0 Å². The molecule has 0 saturated carbocycles. The number of sulfonamides is 1. The highest BCUT2D eigenvalue weighted by molar-refractivity contribution is 7.92. The summed E-state index contributed by atoms with van der Waals surface area (Å²) in [6.45, 7) is 5.45. The molecule has 0 radical (unpaired) electrons. The van der Waals surface area contributed by atoms with Crippen LogP contribution >= 0.6 is 0 Å². The monoisotopic (exact) mass is 507 g/mol. The molecule has 1 fully saturated rings. The van der Waals surface area contributed by atoms with Gasteiger partial charge in [-0.05, 0) is 37.3 Å². The summed E-state index contributed by atoms with van der Waals surface area (Å²) in [6.07, 6.45) is 7.81. The number of aromatic nitrogens is 5. The van der Waals surface area contributed by atoms with E-state index >= 15 is 0 Å². The highest BCUT2D eigenvalue weighted by Crippen LogP contribution is 2.23. The predicted molar refractivity (Wildman–Crippen MR) is 141 cm³/mol. The Morgan fingerprint density at radius 3 is 2.67 bits per heavy atom. The SMILES string of the molecule is CC1CN(c2ccc(Nc3ncc4ccn(Cc5nccnc5N(C)S(C)(=O)=O)c4n3)cc2)CCN1. The number of rotatable bonds is 7. The van der Waals surface area contributed by atoms with Crippen LogP contribution in [0.3, 0.4) is 0 Å². The summed E-state index contributed by atoms with van der Waals surface area (Å²) in [7, 11) is -2.01. The van der Waals surface area contributed by atoms with Gasteiger partial charge in [-0.1, -0.05) is 0 Å². The number of benzene rings is 1. The Hall–Kier alpha value is -3.77. The van der Waals surface area contributed by atoms with Crippen LogP contribution in [0.4, 0.5) is 23.1 Å². The lowest BCUT2D eigenvalue weighted by atomic mass is 10.2. The Bertz CT molecular complexity index is 1470. The average molecular weight is 508 g/mol. The minimum Gasteiger partial charge on any atom is -0.369 e. The van der Waals surface area contributed by atoms with E-state index in [1.54, 1.807) is 12.4 Å². The summed E-state index contributed by atoms with van der Waals surface area (Å²) in [6, 6.07) is 10.7. The van der Waals surface area contributed by atoms with Gasteiger partial charge in [-0.3, -0.25) is 9.29 Å². The molecule has 2 N–H and O–H groups in total. The Labute approximate surface area is 210 Å². The molecular weight excluding hydrogens is 478 g/mol. The quantitative estimate of drug-likeness (QED) is 0.388. The van der Waals surface area contributed by atoms with Crippen LogP contribution in [0.2, 0.25) is 0 Å². The van der Waals surface area contributed by atoms with Crippen LogP contribution in [0.1, 0.15) is 12.6 Å². The molecule has 1 aliphatic heterocycles. The van der Waals surface area contributed by atoms with Crippen molar-refractivity contribution in [2.24, 2.45) is 0 Å². The fourth-order valence-electron chi connectivity index (χ4n) is 4.26. The summed E-state index contributed by atoms with van der Waals surface area (Å²) < 4.78 is 27.2. The van der Waals surface area contributed by atoms with Crippen LogP contribution in [-0.2, 0) is 16.6 Å². The standard InChI is InChI=1S/C24H29N9O2S/c1-17-15-32(13-11-25-17)20-6-4-19(5-7-20)29-24-28-14-18-8-12-33(22(18)30-24)16-21-23(27-10-9-26-21)31(2)36(3,34)35/h4-10,12,14,17,25H,11,13,15-16H2,1-3H3,(H,28,29,30). The number of nitrogens with zero attached hydrogens (tertiary/aromatic N) is 7. The molecule has 0 aliphatic carbocycles. The minimum atomic E-state index is -3.47. The molecule has 1 aliphatic rings. The number of hydrogen-bond acceptors (Lipinski definition) is 9. The molecule has 188 valence electrons. The molecule has 12 heteroatoms. The molecule has 4 aromatic rings. The second-order valence-corrected chi connectivity index (χ2v) is 11.0. The van der Waals surface area contributed by atoms with Crippen LogP contribution in [0.15, 0.2) is 55.1 Å². The van der Waals surface area contributed by atoms with Crippen LogP contribution in [-0.4, -0.2) is 71.9 Å². The molecule has 5 rings (SSSR count). The van der Waals surface area contributed by atoms with Crippen molar-refractivity contribution in [3.63, 3.8) is 0 Å². The summed E-state index contributed by atoms with van der Waals surface area (Å²) in [5.41, 5.74) is 3.31. The Morgan fingerprint density at radius 2 is 1.92 bits per heavy atom. The van der Waals surface area contributed by atoms with Gasteiger partial charge >= 0.3 is 0 Å². The van der Waals surface area contributed by atoms with Crippen LogP contribution in [0.5, 0.6) is 0 Å². The van der Waals surface area contributed by atoms with E-state index in [-0.39, 0.29) is 5.82 Å². The van der Waals surface area contributed by atoms with Gasteiger partial charge in [-0.25, -0.2) is 18.4 Å². The lowest BCUT2D eigenvalue weighted by Crippen LogP contribution is -2.49. The molecule has 11 nitrogen and oxygen atoms in total. The molecule has 1 unspecified atom stereocenters. The van der Waals surface area contributed by atoms with E-state index in [0.29, 0.717) is 29.9 Å². The van der Waals surface area contributed by atoms with E-state index in [9.17, 15) is 8.42 Å². The first-order chi connectivity index (χ1) is 17.3. The summed E-state index contributed by atoms with van der Waals surface area (Å²) >= 11 is 0. The second-order valence-electron chi connectivity index (χ2n) is 8.95. The van der Waals surface area contributed by atoms with E-state index in [0.717, 1.165) is 41.3 Å². The predicted octanol–water partition coefficient (Wildman–Crippen LogP) is 2.21. The Kier molecular flexibility index (Phi) is 6.46. The lowest BCUT2D eigenvalue weighted by molar-refractivity contribution is 0.485. The molecule has 4 heterocycles. The zero-order chi connectivity index (χ0) is 25.3. The normalized spacial score (nSPS) is 16.3. The van der Waals surface area contributed by atoms with Gasteiger partial charge in [0.2, 0.25) is 16.0 Å². The van der Waals surface area contributed by atoms with Crippen LogP contribution in [0.25, 0.3) is 11.0 Å². The van der Waals surface area contributed by atoms with Gasteiger partial charge in [0.25, 0.3) is 0 Å². The van der Waals surface area contributed by atoms with Crippen LogP contribution in [0, 0.1) is 0 Å². The number of piperazine rings is 1. The maximum Gasteiger partial charge on any atom is 0.233 e. The first-order valence-corrected chi connectivity index (χ1v) is 13.5. The van der Waals surface area contributed by atoms with E-state index in [2.05, 4.69) is 49.5 Å². The first-order valence-electron chi connectivity index (χ1n) is 11.7. The Balaban J connectivity index is 1.36. The zero-order valence-corrected chi connectivity index (χ0v) is 21.3. The number of anilines is 4. The van der Waals surface area contributed by atoms with Crippen molar-refractivity contribution in [1.82, 2.24) is 29.8 Å². The highest BCUT2D eigenvalue weighted by atomic mass is 32.2. The number of fused-ring (bicyclic) bond motifs is 1. The zero-order valence-electron chi connectivity index (χ0n) is 20.5. The average Bonchev–Trinajstić information content (AvgIpc) is 3.26. The molecule has 36 heavy (non-hydrogen) atoms. The maximum absolute atomic E-state index is 12.1. The molecular formula is C24H29N9O2S. The van der Waals surface area contributed by atoms with Crippen molar-refractivity contribution in [1.29, 1.82) is 0 Å². The summed E-state index contributed by atoms with van der Waals surface area (Å²) in [5.74, 6) is 0.756. The third-order valence-corrected chi connectivity index (χ3v) is 7.40. The van der Waals surface area contributed by atoms with Gasteiger partial charge in [-0.15, -0.1) is 0 Å². The molecule has 0 spiro atoms. The Morgan fingerprint density at radius 1 is 1.14 bits per heavy atom. The summed E-state index contributed by atoms with van der Waals surface area (Å²) in [5, 5.41) is 7.61. The summed E-state index contributed by atoms with van der Waals surface area (Å²) in [4.78, 5) is 20.2. The van der Waals surface area contributed by atoms with Crippen molar-refractivity contribution in [3.8, 4) is 0 Å². The third kappa shape index (κ3) is 5.09. The molecule has 0 amide bonds. The maximum atomic E-state index is 12.1. The second kappa shape index (κ2) is 9.70.